The summed E-state index contributed by atoms with van der Waals surface area (Å²) in [6.45, 7) is 5.75. The SMILES string of the molecule is Cc1cccc(-c2ccc(S(=O)(=O)N3CCSC(C)(C)C3C(=O)O)cc2)c1. The number of aryl methyl sites for hydroxylation is 1. The first-order valence-corrected chi connectivity index (χ1v) is 11.1. The highest BCUT2D eigenvalue weighted by molar-refractivity contribution is 8.00. The van der Waals surface area contributed by atoms with E-state index in [-0.39, 0.29) is 11.4 Å². The number of rotatable bonds is 4. The van der Waals surface area contributed by atoms with Crippen molar-refractivity contribution in [3.8, 4) is 11.1 Å². The van der Waals surface area contributed by atoms with Gasteiger partial charge >= 0.3 is 5.97 Å². The van der Waals surface area contributed by atoms with Crippen LogP contribution in [-0.4, -0.2) is 46.9 Å². The maximum absolute atomic E-state index is 13.1. The molecule has 0 spiro atoms. The van der Waals surface area contributed by atoms with Crippen LogP contribution in [0.2, 0.25) is 0 Å². The minimum absolute atomic E-state index is 0.118. The van der Waals surface area contributed by atoms with Crippen molar-refractivity contribution in [3.05, 3.63) is 54.1 Å². The Balaban J connectivity index is 1.96. The number of carboxylic acid groups (broad SMARTS) is 1. The quantitative estimate of drug-likeness (QED) is 0.841. The molecule has 0 bridgehead atoms. The third kappa shape index (κ3) is 3.90. The van der Waals surface area contributed by atoms with Gasteiger partial charge in [0.1, 0.15) is 6.04 Å². The lowest BCUT2D eigenvalue weighted by Gasteiger charge is -2.42. The molecule has 1 aliphatic rings. The molecule has 0 aromatic heterocycles. The molecule has 27 heavy (non-hydrogen) atoms. The molecule has 1 aliphatic heterocycles. The van der Waals surface area contributed by atoms with E-state index in [0.717, 1.165) is 21.0 Å². The van der Waals surface area contributed by atoms with E-state index >= 15 is 0 Å². The van der Waals surface area contributed by atoms with Crippen molar-refractivity contribution in [2.24, 2.45) is 0 Å². The van der Waals surface area contributed by atoms with E-state index in [9.17, 15) is 18.3 Å². The second-order valence-corrected chi connectivity index (χ2v) is 10.8. The van der Waals surface area contributed by atoms with Crippen molar-refractivity contribution in [3.63, 3.8) is 0 Å². The highest BCUT2D eigenvalue weighted by Crippen LogP contribution is 2.38. The Morgan fingerprint density at radius 1 is 1.15 bits per heavy atom. The molecule has 5 nitrogen and oxygen atoms in total. The van der Waals surface area contributed by atoms with Crippen LogP contribution in [0.1, 0.15) is 19.4 Å². The molecule has 0 amide bonds. The van der Waals surface area contributed by atoms with Gasteiger partial charge in [-0.05, 0) is 44.0 Å². The Bertz CT molecular complexity index is 952. The molecule has 2 aromatic carbocycles. The molecule has 7 heteroatoms. The van der Waals surface area contributed by atoms with E-state index in [2.05, 4.69) is 0 Å². The van der Waals surface area contributed by atoms with E-state index in [1.807, 2.05) is 31.2 Å². The van der Waals surface area contributed by atoms with Crippen LogP contribution in [0.15, 0.2) is 53.4 Å². The molecule has 1 atom stereocenters. The lowest BCUT2D eigenvalue weighted by Crippen LogP contribution is -2.58. The molecule has 1 N–H and O–H groups in total. The monoisotopic (exact) mass is 405 g/mol. The van der Waals surface area contributed by atoms with Crippen molar-refractivity contribution >= 4 is 27.8 Å². The van der Waals surface area contributed by atoms with Gasteiger partial charge in [-0.3, -0.25) is 4.79 Å². The fourth-order valence-electron chi connectivity index (χ4n) is 3.41. The van der Waals surface area contributed by atoms with Crippen molar-refractivity contribution in [2.75, 3.05) is 12.3 Å². The van der Waals surface area contributed by atoms with Crippen molar-refractivity contribution in [1.29, 1.82) is 0 Å². The molecular weight excluding hydrogens is 382 g/mol. The minimum Gasteiger partial charge on any atom is -0.480 e. The highest BCUT2D eigenvalue weighted by Gasteiger charge is 2.48. The summed E-state index contributed by atoms with van der Waals surface area (Å²) in [6.07, 6.45) is 0. The first-order chi connectivity index (χ1) is 12.6. The summed E-state index contributed by atoms with van der Waals surface area (Å²) in [5.74, 6) is -0.552. The molecule has 2 aromatic rings. The Labute approximate surface area is 164 Å². The van der Waals surface area contributed by atoms with Crippen LogP contribution in [-0.2, 0) is 14.8 Å². The van der Waals surface area contributed by atoms with E-state index in [1.165, 1.54) is 11.8 Å². The number of aliphatic carboxylic acids is 1. The van der Waals surface area contributed by atoms with Gasteiger partial charge in [0.25, 0.3) is 0 Å². The molecule has 1 fully saturated rings. The lowest BCUT2D eigenvalue weighted by molar-refractivity contribution is -0.142. The molecular formula is C20H23NO4S2. The van der Waals surface area contributed by atoms with E-state index in [4.69, 9.17) is 0 Å². The summed E-state index contributed by atoms with van der Waals surface area (Å²) >= 11 is 1.49. The van der Waals surface area contributed by atoms with Crippen LogP contribution in [0.3, 0.4) is 0 Å². The fourth-order valence-corrected chi connectivity index (χ4v) is 6.51. The van der Waals surface area contributed by atoms with Crippen LogP contribution in [0.4, 0.5) is 0 Å². The zero-order chi connectivity index (χ0) is 19.8. The van der Waals surface area contributed by atoms with Gasteiger partial charge in [-0.15, -0.1) is 0 Å². The number of carbonyl (C=O) groups is 1. The van der Waals surface area contributed by atoms with Crippen LogP contribution in [0.5, 0.6) is 0 Å². The Morgan fingerprint density at radius 3 is 2.41 bits per heavy atom. The number of carboxylic acids is 1. The predicted octanol–water partition coefficient (Wildman–Crippen LogP) is 3.63. The van der Waals surface area contributed by atoms with Gasteiger partial charge in [0, 0.05) is 17.0 Å². The zero-order valence-electron chi connectivity index (χ0n) is 15.5. The van der Waals surface area contributed by atoms with Gasteiger partial charge in [-0.1, -0.05) is 42.0 Å². The first kappa shape index (κ1) is 19.9. The summed E-state index contributed by atoms with van der Waals surface area (Å²) < 4.78 is 26.7. The standard InChI is InChI=1S/C20H23NO4S2/c1-14-5-4-6-16(13-14)15-7-9-17(10-8-15)27(24,25)21-11-12-26-20(2,3)18(21)19(22)23/h4-10,13,18H,11-12H2,1-3H3,(H,22,23). The number of hydrogen-bond donors (Lipinski definition) is 1. The van der Waals surface area contributed by atoms with Gasteiger partial charge in [0.05, 0.1) is 4.90 Å². The van der Waals surface area contributed by atoms with Crippen LogP contribution >= 0.6 is 11.8 Å². The van der Waals surface area contributed by atoms with Gasteiger partial charge in [0.2, 0.25) is 10.0 Å². The minimum atomic E-state index is -3.90. The molecule has 0 aliphatic carbocycles. The van der Waals surface area contributed by atoms with Crippen LogP contribution in [0.25, 0.3) is 11.1 Å². The van der Waals surface area contributed by atoms with Crippen molar-refractivity contribution < 1.29 is 18.3 Å². The zero-order valence-corrected chi connectivity index (χ0v) is 17.2. The normalized spacial score (nSPS) is 20.3. The van der Waals surface area contributed by atoms with Gasteiger partial charge in [0.15, 0.2) is 0 Å². The second-order valence-electron chi connectivity index (χ2n) is 7.20. The smallest absolute Gasteiger partial charge is 0.323 e. The Morgan fingerprint density at radius 2 is 1.81 bits per heavy atom. The molecule has 0 radical (unpaired) electrons. The maximum atomic E-state index is 13.1. The maximum Gasteiger partial charge on any atom is 0.323 e. The number of nitrogens with zero attached hydrogens (tertiary/aromatic N) is 1. The largest absolute Gasteiger partial charge is 0.480 e. The summed E-state index contributed by atoms with van der Waals surface area (Å²) in [6, 6.07) is 13.5. The average molecular weight is 406 g/mol. The molecule has 1 unspecified atom stereocenters. The summed E-state index contributed by atoms with van der Waals surface area (Å²) in [4.78, 5) is 11.9. The highest BCUT2D eigenvalue weighted by atomic mass is 32.2. The van der Waals surface area contributed by atoms with Crippen LogP contribution < -0.4 is 0 Å². The number of hydrogen-bond acceptors (Lipinski definition) is 4. The second kappa shape index (κ2) is 7.30. The predicted molar refractivity (Wildman–Crippen MR) is 108 cm³/mol. The fraction of sp³-hybridized carbons (Fsp3) is 0.350. The molecule has 3 rings (SSSR count). The molecule has 1 heterocycles. The third-order valence-corrected chi connectivity index (χ3v) is 8.01. The molecule has 1 saturated heterocycles. The Kier molecular flexibility index (Phi) is 5.38. The number of sulfonamides is 1. The summed E-state index contributed by atoms with van der Waals surface area (Å²) in [5.41, 5.74) is 3.06. The van der Waals surface area contributed by atoms with Gasteiger partial charge < -0.3 is 5.11 Å². The molecule has 144 valence electrons. The molecule has 0 saturated carbocycles. The third-order valence-electron chi connectivity index (χ3n) is 4.78. The summed E-state index contributed by atoms with van der Waals surface area (Å²) in [7, 11) is -3.90. The van der Waals surface area contributed by atoms with Crippen LogP contribution in [0, 0.1) is 6.92 Å². The summed E-state index contributed by atoms with van der Waals surface area (Å²) in [5, 5.41) is 9.65. The van der Waals surface area contributed by atoms with E-state index in [0.29, 0.717) is 5.75 Å². The number of thioether (sulfide) groups is 1. The average Bonchev–Trinajstić information content (AvgIpc) is 2.60. The van der Waals surface area contributed by atoms with E-state index < -0.39 is 26.8 Å². The van der Waals surface area contributed by atoms with Crippen molar-refractivity contribution in [1.82, 2.24) is 4.31 Å². The topological polar surface area (TPSA) is 74.7 Å². The Hall–Kier alpha value is -1.83. The van der Waals surface area contributed by atoms with E-state index in [1.54, 1.807) is 38.1 Å². The lowest BCUT2D eigenvalue weighted by atomic mass is 10.0. The van der Waals surface area contributed by atoms with Gasteiger partial charge in [-0.2, -0.15) is 16.1 Å². The van der Waals surface area contributed by atoms with Crippen molar-refractivity contribution in [2.45, 2.75) is 36.5 Å². The van der Waals surface area contributed by atoms with Gasteiger partial charge in [-0.25, -0.2) is 8.42 Å². The number of benzene rings is 2. The first-order valence-electron chi connectivity index (χ1n) is 8.69.